The largest absolute Gasteiger partial charge is 0.482 e. The molecule has 0 radical (unpaired) electrons. The second-order valence-corrected chi connectivity index (χ2v) is 6.26. The average Bonchev–Trinajstić information content (AvgIpc) is 2.60. The van der Waals surface area contributed by atoms with Crippen molar-refractivity contribution >= 4 is 18.0 Å². The van der Waals surface area contributed by atoms with Gasteiger partial charge < -0.3 is 15.2 Å². The number of ether oxygens (including phenoxy) is 1. The molecule has 25 heavy (non-hydrogen) atoms. The van der Waals surface area contributed by atoms with Gasteiger partial charge in [0.15, 0.2) is 6.61 Å². The number of amides is 1. The van der Waals surface area contributed by atoms with Crippen molar-refractivity contribution in [1.82, 2.24) is 5.32 Å². The minimum absolute atomic E-state index is 0.0528. The van der Waals surface area contributed by atoms with E-state index < -0.39 is 12.6 Å². The van der Waals surface area contributed by atoms with Crippen molar-refractivity contribution in [3.05, 3.63) is 35.4 Å². The van der Waals surface area contributed by atoms with Gasteiger partial charge in [-0.05, 0) is 42.5 Å². The highest BCUT2D eigenvalue weighted by atomic mass is 16.5. The molecule has 1 aromatic rings. The molecule has 2 atom stereocenters. The molecule has 2 rings (SSSR count). The van der Waals surface area contributed by atoms with Crippen molar-refractivity contribution in [2.45, 2.75) is 38.6 Å². The van der Waals surface area contributed by atoms with Gasteiger partial charge in [-0.3, -0.25) is 4.79 Å². The van der Waals surface area contributed by atoms with E-state index in [4.69, 9.17) is 9.84 Å². The number of carboxylic acid groups (broad SMARTS) is 1. The van der Waals surface area contributed by atoms with Gasteiger partial charge in [-0.2, -0.15) is 5.26 Å². The van der Waals surface area contributed by atoms with E-state index in [2.05, 4.69) is 12.2 Å². The number of aliphatic carboxylic acids is 1. The zero-order valence-corrected chi connectivity index (χ0v) is 14.2. The maximum atomic E-state index is 12.3. The Hall–Kier alpha value is -2.81. The summed E-state index contributed by atoms with van der Waals surface area (Å²) in [5.41, 5.74) is 0.725. The van der Waals surface area contributed by atoms with Gasteiger partial charge in [0.2, 0.25) is 0 Å². The lowest BCUT2D eigenvalue weighted by atomic mass is 9.86. The number of hydrogen-bond donors (Lipinski definition) is 2. The molecule has 1 saturated carbocycles. The molecule has 0 spiro atoms. The van der Waals surface area contributed by atoms with Crippen LogP contribution in [0, 0.1) is 17.2 Å². The molecule has 0 aliphatic heterocycles. The van der Waals surface area contributed by atoms with Crippen molar-refractivity contribution in [2.24, 2.45) is 5.92 Å². The molecule has 1 aromatic carbocycles. The quantitative estimate of drug-likeness (QED) is 0.612. The Labute approximate surface area is 147 Å². The summed E-state index contributed by atoms with van der Waals surface area (Å²) in [6, 6.07) is 8.61. The number of carbonyl (C=O) groups is 2. The zero-order chi connectivity index (χ0) is 18.2. The van der Waals surface area contributed by atoms with Crippen LogP contribution in [0.4, 0.5) is 0 Å². The predicted molar refractivity (Wildman–Crippen MR) is 92.7 cm³/mol. The molecule has 0 saturated heterocycles. The summed E-state index contributed by atoms with van der Waals surface area (Å²) >= 11 is 0. The third-order valence-electron chi connectivity index (χ3n) is 4.35. The molecule has 1 aliphatic carbocycles. The first kappa shape index (κ1) is 18.5. The summed E-state index contributed by atoms with van der Waals surface area (Å²) in [7, 11) is 0. The number of carboxylic acids is 1. The van der Waals surface area contributed by atoms with Crippen molar-refractivity contribution in [1.29, 1.82) is 5.26 Å². The van der Waals surface area contributed by atoms with Gasteiger partial charge in [0.25, 0.3) is 5.91 Å². The fraction of sp³-hybridized carbons (Fsp3) is 0.421. The standard InChI is InChI=1S/C19H22N2O4/c1-13-4-2-3-5-17(13)21-19(24)15(11-20)10-14-6-8-16(9-7-14)25-12-18(22)23/h6-10,13,17H,2-5,12H2,1H3,(H,21,24)(H,22,23)/b15-10+/t13-,17+/m1/s1. The van der Waals surface area contributed by atoms with Crippen LogP contribution in [0.1, 0.15) is 38.2 Å². The van der Waals surface area contributed by atoms with Gasteiger partial charge in [-0.15, -0.1) is 0 Å². The number of carbonyl (C=O) groups excluding carboxylic acids is 1. The second-order valence-electron chi connectivity index (χ2n) is 6.26. The molecular weight excluding hydrogens is 320 g/mol. The highest BCUT2D eigenvalue weighted by Crippen LogP contribution is 2.24. The summed E-state index contributed by atoms with van der Waals surface area (Å²) in [5.74, 6) is -0.571. The molecule has 1 fully saturated rings. The highest BCUT2D eigenvalue weighted by Gasteiger charge is 2.23. The Morgan fingerprint density at radius 3 is 2.60 bits per heavy atom. The summed E-state index contributed by atoms with van der Waals surface area (Å²) in [6.45, 7) is 1.70. The first-order valence-corrected chi connectivity index (χ1v) is 8.37. The van der Waals surface area contributed by atoms with Crippen molar-refractivity contribution in [2.75, 3.05) is 6.61 Å². The van der Waals surface area contributed by atoms with Crippen LogP contribution >= 0.6 is 0 Å². The maximum Gasteiger partial charge on any atom is 0.341 e. The number of hydrogen-bond acceptors (Lipinski definition) is 4. The number of rotatable bonds is 6. The van der Waals surface area contributed by atoms with Crippen molar-refractivity contribution in [3.8, 4) is 11.8 Å². The molecule has 6 heteroatoms. The normalized spacial score (nSPS) is 20.4. The fourth-order valence-electron chi connectivity index (χ4n) is 2.90. The molecule has 2 N–H and O–H groups in total. The predicted octanol–water partition coefficient (Wildman–Crippen LogP) is 2.75. The minimum Gasteiger partial charge on any atom is -0.482 e. The Bertz CT molecular complexity index is 688. The third-order valence-corrected chi connectivity index (χ3v) is 4.35. The topological polar surface area (TPSA) is 99.4 Å². The van der Waals surface area contributed by atoms with Crippen LogP contribution in [0.5, 0.6) is 5.75 Å². The van der Waals surface area contributed by atoms with E-state index in [9.17, 15) is 14.9 Å². The summed E-state index contributed by atoms with van der Waals surface area (Å²) in [4.78, 5) is 22.8. The van der Waals surface area contributed by atoms with Gasteiger partial charge in [0, 0.05) is 6.04 Å². The van der Waals surface area contributed by atoms with E-state index in [0.29, 0.717) is 17.2 Å². The lowest BCUT2D eigenvalue weighted by Crippen LogP contribution is -2.41. The number of nitrogens with one attached hydrogen (secondary N) is 1. The smallest absolute Gasteiger partial charge is 0.341 e. The molecule has 1 aliphatic rings. The lowest BCUT2D eigenvalue weighted by molar-refractivity contribution is -0.139. The van der Waals surface area contributed by atoms with Crippen LogP contribution in [0.2, 0.25) is 0 Å². The Morgan fingerprint density at radius 1 is 1.32 bits per heavy atom. The zero-order valence-electron chi connectivity index (χ0n) is 14.2. The van der Waals surface area contributed by atoms with E-state index in [1.54, 1.807) is 24.3 Å². The van der Waals surface area contributed by atoms with Crippen molar-refractivity contribution in [3.63, 3.8) is 0 Å². The average molecular weight is 342 g/mol. The molecule has 0 aromatic heterocycles. The van der Waals surface area contributed by atoms with E-state index in [0.717, 1.165) is 19.3 Å². The minimum atomic E-state index is -1.05. The van der Waals surface area contributed by atoms with E-state index in [1.165, 1.54) is 12.5 Å². The molecule has 1 amide bonds. The number of nitriles is 1. The fourth-order valence-corrected chi connectivity index (χ4v) is 2.90. The van der Waals surface area contributed by atoms with E-state index in [-0.39, 0.29) is 17.5 Å². The molecular formula is C19H22N2O4. The van der Waals surface area contributed by atoms with Gasteiger partial charge in [-0.25, -0.2) is 4.79 Å². The summed E-state index contributed by atoms with van der Waals surface area (Å²) < 4.78 is 5.05. The maximum absolute atomic E-state index is 12.3. The number of benzene rings is 1. The first-order valence-electron chi connectivity index (χ1n) is 8.37. The molecule has 132 valence electrons. The molecule has 0 heterocycles. The van der Waals surface area contributed by atoms with Gasteiger partial charge in [0.1, 0.15) is 17.4 Å². The summed E-state index contributed by atoms with van der Waals surface area (Å²) in [5, 5.41) is 20.8. The van der Waals surface area contributed by atoms with Gasteiger partial charge in [-0.1, -0.05) is 31.9 Å². The third kappa shape index (κ3) is 5.64. The summed E-state index contributed by atoms with van der Waals surface area (Å²) in [6.07, 6.45) is 5.84. The Morgan fingerprint density at radius 2 is 2.00 bits per heavy atom. The van der Waals surface area contributed by atoms with Crippen LogP contribution in [0.15, 0.2) is 29.8 Å². The highest BCUT2D eigenvalue weighted by molar-refractivity contribution is 6.01. The second kappa shape index (κ2) is 8.88. The SMILES string of the molecule is C[C@@H]1CCCC[C@@H]1NC(=O)/C(C#N)=C/c1ccc(OCC(=O)O)cc1. The number of nitrogens with zero attached hydrogens (tertiary/aromatic N) is 1. The van der Waals surface area contributed by atoms with E-state index >= 15 is 0 Å². The lowest BCUT2D eigenvalue weighted by Gasteiger charge is -2.29. The van der Waals surface area contributed by atoms with Crippen LogP contribution in [0.25, 0.3) is 6.08 Å². The van der Waals surface area contributed by atoms with E-state index in [1.807, 2.05) is 6.07 Å². The van der Waals surface area contributed by atoms with Gasteiger partial charge in [0.05, 0.1) is 0 Å². The molecule has 0 unspecified atom stereocenters. The molecule has 0 bridgehead atoms. The van der Waals surface area contributed by atoms with Crippen LogP contribution in [-0.4, -0.2) is 29.6 Å². The van der Waals surface area contributed by atoms with Crippen LogP contribution in [0.3, 0.4) is 0 Å². The molecule has 6 nitrogen and oxygen atoms in total. The Balaban J connectivity index is 2.02. The van der Waals surface area contributed by atoms with Crippen LogP contribution < -0.4 is 10.1 Å². The first-order chi connectivity index (χ1) is 12.0. The van der Waals surface area contributed by atoms with Crippen molar-refractivity contribution < 1.29 is 19.4 Å². The Kier molecular flexibility index (Phi) is 6.58. The van der Waals surface area contributed by atoms with Gasteiger partial charge >= 0.3 is 5.97 Å². The monoisotopic (exact) mass is 342 g/mol. The van der Waals surface area contributed by atoms with Crippen LogP contribution in [-0.2, 0) is 9.59 Å².